The maximum Gasteiger partial charge on any atom is 0.316 e. The summed E-state index contributed by atoms with van der Waals surface area (Å²) in [5.41, 5.74) is 8.18. The highest BCUT2D eigenvalue weighted by atomic mass is 32.2. The molecule has 0 amide bonds. The molecule has 0 aliphatic carbocycles. The lowest BCUT2D eigenvalue weighted by molar-refractivity contribution is -0.139. The molecule has 0 aromatic heterocycles. The Balaban J connectivity index is 2.69. The lowest BCUT2D eigenvalue weighted by Gasteiger charge is -2.18. The molecule has 0 atom stereocenters. The Kier molecular flexibility index (Phi) is 7.94. The second-order valence-electron chi connectivity index (χ2n) is 5.24. The van der Waals surface area contributed by atoms with Crippen molar-refractivity contribution in [2.45, 2.75) is 47.3 Å². The highest BCUT2D eigenvalue weighted by Gasteiger charge is 2.13. The lowest BCUT2D eigenvalue weighted by Crippen LogP contribution is -2.07. The van der Waals surface area contributed by atoms with Crippen LogP contribution in [0.5, 0.6) is 0 Å². The minimum absolute atomic E-state index is 0.204. The predicted molar refractivity (Wildman–Crippen MR) is 103 cm³/mol. The average Bonchev–Trinajstić information content (AvgIpc) is 2.49. The van der Waals surface area contributed by atoms with E-state index in [2.05, 4.69) is 34.6 Å². The molecule has 122 valence electrons. The smallest absolute Gasteiger partial charge is 0.316 e. The molecule has 0 heterocycles. The van der Waals surface area contributed by atoms with Crippen LogP contribution < -0.4 is 0 Å². The Bertz CT molecular complexity index is 551. The van der Waals surface area contributed by atoms with Gasteiger partial charge in [-0.15, -0.1) is 11.8 Å². The molecule has 1 aromatic carbocycles. The average molecular weight is 357 g/mol. The van der Waals surface area contributed by atoms with Gasteiger partial charge in [0.25, 0.3) is 0 Å². The van der Waals surface area contributed by atoms with E-state index in [4.69, 9.17) is 17.0 Å². The van der Waals surface area contributed by atoms with Gasteiger partial charge < -0.3 is 4.74 Å². The van der Waals surface area contributed by atoms with Gasteiger partial charge in [0, 0.05) is 5.75 Å². The molecule has 0 aliphatic rings. The normalized spacial score (nSPS) is 10.6. The summed E-state index contributed by atoms with van der Waals surface area (Å²) in [4.78, 5) is 11.3. The largest absolute Gasteiger partial charge is 0.465 e. The number of hydrogen-bond acceptors (Lipinski definition) is 5. The van der Waals surface area contributed by atoms with Gasteiger partial charge >= 0.3 is 5.97 Å². The van der Waals surface area contributed by atoms with Crippen molar-refractivity contribution in [1.82, 2.24) is 0 Å². The molecule has 0 spiro atoms. The van der Waals surface area contributed by atoms with Gasteiger partial charge in [-0.3, -0.25) is 4.79 Å². The van der Waals surface area contributed by atoms with E-state index in [9.17, 15) is 4.79 Å². The molecule has 0 radical (unpaired) electrons. The maximum atomic E-state index is 11.3. The number of ether oxygens (including phenoxy) is 1. The second-order valence-corrected chi connectivity index (χ2v) is 8.39. The SMILES string of the molecule is CCOC(=O)CSC(=S)SCc1c(C)c(C)c(C)c(C)c1C. The molecule has 0 saturated heterocycles. The molecule has 0 saturated carbocycles. The quantitative estimate of drug-likeness (QED) is 0.544. The molecule has 1 aromatic rings. The highest BCUT2D eigenvalue weighted by molar-refractivity contribution is 8.47. The molecular weight excluding hydrogens is 332 g/mol. The third-order valence-corrected chi connectivity index (χ3v) is 6.80. The van der Waals surface area contributed by atoms with Crippen LogP contribution in [0.4, 0.5) is 0 Å². The number of carbonyl (C=O) groups is 1. The third kappa shape index (κ3) is 5.00. The van der Waals surface area contributed by atoms with Gasteiger partial charge in [0.2, 0.25) is 0 Å². The molecule has 2 nitrogen and oxygen atoms in total. The fourth-order valence-corrected chi connectivity index (χ4v) is 4.34. The Hall–Kier alpha value is -0.520. The van der Waals surface area contributed by atoms with Gasteiger partial charge in [-0.05, 0) is 74.9 Å². The van der Waals surface area contributed by atoms with Gasteiger partial charge in [0.15, 0.2) is 0 Å². The number of esters is 1. The van der Waals surface area contributed by atoms with Crippen molar-refractivity contribution in [3.63, 3.8) is 0 Å². The third-order valence-electron chi connectivity index (χ3n) is 4.10. The van der Waals surface area contributed by atoms with Crippen molar-refractivity contribution < 1.29 is 9.53 Å². The summed E-state index contributed by atoms with van der Waals surface area (Å²) in [5, 5.41) is 0. The number of benzene rings is 1. The molecule has 0 fully saturated rings. The van der Waals surface area contributed by atoms with E-state index < -0.39 is 0 Å². The van der Waals surface area contributed by atoms with Crippen molar-refractivity contribution in [2.75, 3.05) is 12.4 Å². The fraction of sp³-hybridized carbons (Fsp3) is 0.529. The number of rotatable bonds is 5. The summed E-state index contributed by atoms with van der Waals surface area (Å²) in [6.07, 6.45) is 0. The Labute approximate surface area is 147 Å². The summed E-state index contributed by atoms with van der Waals surface area (Å²) >= 11 is 8.37. The van der Waals surface area contributed by atoms with Crippen LogP contribution in [0.3, 0.4) is 0 Å². The number of hydrogen-bond donors (Lipinski definition) is 0. The Morgan fingerprint density at radius 1 is 0.955 bits per heavy atom. The summed E-state index contributed by atoms with van der Waals surface area (Å²) in [6, 6.07) is 0. The molecule has 0 aliphatic heterocycles. The van der Waals surface area contributed by atoms with Crippen LogP contribution in [0, 0.1) is 34.6 Å². The zero-order valence-corrected chi connectivity index (χ0v) is 16.6. The molecule has 0 N–H and O–H groups in total. The number of carbonyl (C=O) groups excluding carboxylic acids is 1. The minimum atomic E-state index is -0.204. The summed E-state index contributed by atoms with van der Waals surface area (Å²) in [5.74, 6) is 0.947. The summed E-state index contributed by atoms with van der Waals surface area (Å²) in [7, 11) is 0. The zero-order chi connectivity index (χ0) is 16.9. The van der Waals surface area contributed by atoms with E-state index in [1.54, 1.807) is 11.8 Å². The summed E-state index contributed by atoms with van der Waals surface area (Å²) in [6.45, 7) is 13.1. The lowest BCUT2D eigenvalue weighted by atomic mass is 9.90. The Morgan fingerprint density at radius 3 is 1.95 bits per heavy atom. The van der Waals surface area contributed by atoms with E-state index in [1.807, 2.05) is 6.92 Å². The van der Waals surface area contributed by atoms with Crippen LogP contribution >= 0.6 is 35.7 Å². The van der Waals surface area contributed by atoms with Crippen molar-refractivity contribution in [1.29, 1.82) is 0 Å². The molecule has 5 heteroatoms. The standard InChI is InChI=1S/C17H24O2S3/c1-7-19-16(18)9-22-17(20)21-8-15-13(5)11(3)10(2)12(4)14(15)6/h7-9H2,1-6H3. The van der Waals surface area contributed by atoms with Crippen LogP contribution in [0.15, 0.2) is 0 Å². The topological polar surface area (TPSA) is 26.3 Å². The van der Waals surface area contributed by atoms with E-state index in [0.29, 0.717) is 12.4 Å². The van der Waals surface area contributed by atoms with Crippen LogP contribution in [-0.2, 0) is 15.3 Å². The monoisotopic (exact) mass is 356 g/mol. The number of thiocarbonyl (C=S) groups is 1. The van der Waals surface area contributed by atoms with E-state index >= 15 is 0 Å². The van der Waals surface area contributed by atoms with E-state index in [-0.39, 0.29) is 5.97 Å². The molecule has 1 rings (SSSR count). The van der Waals surface area contributed by atoms with Crippen LogP contribution in [0.1, 0.15) is 40.3 Å². The first-order valence-corrected chi connectivity index (χ1v) is 9.68. The van der Waals surface area contributed by atoms with Crippen LogP contribution in [0.25, 0.3) is 0 Å². The molecular formula is C17H24O2S3. The maximum absolute atomic E-state index is 11.3. The van der Waals surface area contributed by atoms with Crippen molar-refractivity contribution in [2.24, 2.45) is 0 Å². The van der Waals surface area contributed by atoms with E-state index in [1.165, 1.54) is 45.1 Å². The van der Waals surface area contributed by atoms with Gasteiger partial charge in [-0.2, -0.15) is 0 Å². The van der Waals surface area contributed by atoms with Gasteiger partial charge in [-0.1, -0.05) is 24.0 Å². The van der Waals surface area contributed by atoms with Crippen LogP contribution in [0.2, 0.25) is 0 Å². The second kappa shape index (κ2) is 8.94. The first kappa shape index (κ1) is 19.5. The molecule has 22 heavy (non-hydrogen) atoms. The minimum Gasteiger partial charge on any atom is -0.465 e. The summed E-state index contributed by atoms with van der Waals surface area (Å²) < 4.78 is 5.70. The van der Waals surface area contributed by atoms with Crippen LogP contribution in [-0.4, -0.2) is 21.9 Å². The zero-order valence-electron chi connectivity index (χ0n) is 14.2. The first-order valence-electron chi connectivity index (χ1n) is 7.30. The van der Waals surface area contributed by atoms with Gasteiger partial charge in [0.1, 0.15) is 3.53 Å². The van der Waals surface area contributed by atoms with Crippen molar-refractivity contribution >= 4 is 45.2 Å². The van der Waals surface area contributed by atoms with E-state index in [0.717, 1.165) is 9.28 Å². The van der Waals surface area contributed by atoms with Gasteiger partial charge in [0.05, 0.1) is 12.4 Å². The molecule has 0 unspecified atom stereocenters. The predicted octanol–water partition coefficient (Wildman–Crippen LogP) is 5.04. The Morgan fingerprint density at radius 2 is 1.45 bits per heavy atom. The first-order chi connectivity index (χ1) is 10.3. The highest BCUT2D eigenvalue weighted by Crippen LogP contribution is 2.30. The molecule has 0 bridgehead atoms. The van der Waals surface area contributed by atoms with Crippen molar-refractivity contribution in [3.8, 4) is 0 Å². The fourth-order valence-electron chi connectivity index (χ4n) is 2.29. The van der Waals surface area contributed by atoms with Gasteiger partial charge in [-0.25, -0.2) is 0 Å². The number of thioether (sulfide) groups is 2. The van der Waals surface area contributed by atoms with Crippen molar-refractivity contribution in [3.05, 3.63) is 33.4 Å².